The van der Waals surface area contributed by atoms with Crippen LogP contribution in [0.25, 0.3) is 0 Å². The first-order valence-corrected chi connectivity index (χ1v) is 10.9. The maximum atomic E-state index is 13.5. The van der Waals surface area contributed by atoms with E-state index in [9.17, 15) is 4.79 Å². The number of amides is 1. The smallest absolute Gasteiger partial charge is 0.294 e. The summed E-state index contributed by atoms with van der Waals surface area (Å²) in [5.74, 6) is 1.24. The third-order valence-electron chi connectivity index (χ3n) is 6.13. The lowest BCUT2D eigenvalue weighted by atomic mass is 9.91. The predicted octanol–water partition coefficient (Wildman–Crippen LogP) is 4.89. The molecule has 162 valence electrons. The van der Waals surface area contributed by atoms with Crippen LogP contribution in [0.2, 0.25) is 0 Å². The molecule has 2 atom stereocenters. The molecule has 1 saturated heterocycles. The summed E-state index contributed by atoms with van der Waals surface area (Å²) >= 11 is 0. The van der Waals surface area contributed by atoms with Gasteiger partial charge in [-0.25, -0.2) is 0 Å². The van der Waals surface area contributed by atoms with E-state index >= 15 is 0 Å². The minimum Gasteiger partial charge on any atom is -0.495 e. The van der Waals surface area contributed by atoms with E-state index in [1.54, 1.807) is 25.5 Å². The summed E-state index contributed by atoms with van der Waals surface area (Å²) in [7, 11) is 1.64. The molecule has 31 heavy (non-hydrogen) atoms. The molecule has 1 aliphatic heterocycles. The second-order valence-corrected chi connectivity index (χ2v) is 8.19. The summed E-state index contributed by atoms with van der Waals surface area (Å²) in [4.78, 5) is 17.9. The van der Waals surface area contributed by atoms with Crippen molar-refractivity contribution in [3.8, 4) is 5.75 Å². The quantitative estimate of drug-likeness (QED) is 0.548. The van der Waals surface area contributed by atoms with Crippen molar-refractivity contribution in [1.29, 1.82) is 0 Å². The Bertz CT molecular complexity index is 971. The van der Waals surface area contributed by atoms with Crippen LogP contribution in [0, 0.1) is 5.92 Å². The molecule has 4 rings (SSSR count). The van der Waals surface area contributed by atoms with Crippen molar-refractivity contribution < 1.29 is 13.9 Å². The number of likely N-dealkylation sites (tertiary alicyclic amines) is 1. The lowest BCUT2D eigenvalue weighted by Gasteiger charge is -2.42. The fraction of sp³-hybridized carbons (Fsp3) is 0.346. The Kier molecular flexibility index (Phi) is 6.73. The van der Waals surface area contributed by atoms with Crippen molar-refractivity contribution in [3.05, 3.63) is 84.3 Å². The maximum Gasteiger partial charge on any atom is 0.294 e. The van der Waals surface area contributed by atoms with Gasteiger partial charge in [-0.05, 0) is 48.6 Å². The van der Waals surface area contributed by atoms with Crippen molar-refractivity contribution in [3.63, 3.8) is 0 Å². The summed E-state index contributed by atoms with van der Waals surface area (Å²) in [6.45, 7) is 5.17. The van der Waals surface area contributed by atoms with Gasteiger partial charge < -0.3 is 14.1 Å². The second kappa shape index (κ2) is 9.84. The van der Waals surface area contributed by atoms with E-state index in [0.717, 1.165) is 38.2 Å². The molecule has 2 aromatic carbocycles. The van der Waals surface area contributed by atoms with Crippen molar-refractivity contribution in [1.82, 2.24) is 4.90 Å². The minimum absolute atomic E-state index is 0.0712. The SMILES string of the molecule is COc1ccccc1N(C(=O)c1ccco1)C1CCN(CCc2ccccc2)CC1C. The predicted molar refractivity (Wildman–Crippen MR) is 123 cm³/mol. The molecular weight excluding hydrogens is 388 g/mol. The number of hydrogen-bond acceptors (Lipinski definition) is 4. The first-order chi connectivity index (χ1) is 15.2. The van der Waals surface area contributed by atoms with Crippen LogP contribution >= 0.6 is 0 Å². The topological polar surface area (TPSA) is 45.9 Å². The Morgan fingerprint density at radius 2 is 1.87 bits per heavy atom. The Morgan fingerprint density at radius 1 is 1.10 bits per heavy atom. The minimum atomic E-state index is -0.121. The number of anilines is 1. The zero-order chi connectivity index (χ0) is 21.6. The molecule has 1 fully saturated rings. The van der Waals surface area contributed by atoms with Crippen molar-refractivity contribution >= 4 is 11.6 Å². The molecule has 0 spiro atoms. The van der Waals surface area contributed by atoms with Crippen molar-refractivity contribution in [2.45, 2.75) is 25.8 Å². The third kappa shape index (κ3) is 4.83. The number of ether oxygens (including phenoxy) is 1. The number of para-hydroxylation sites is 2. The van der Waals surface area contributed by atoms with Crippen LogP contribution in [0.15, 0.2) is 77.4 Å². The summed E-state index contributed by atoms with van der Waals surface area (Å²) in [6, 6.07) is 21.9. The summed E-state index contributed by atoms with van der Waals surface area (Å²) in [6.07, 6.45) is 3.49. The van der Waals surface area contributed by atoms with Crippen LogP contribution in [0.3, 0.4) is 0 Å². The number of rotatable bonds is 7. The van der Waals surface area contributed by atoms with Gasteiger partial charge in [0, 0.05) is 25.7 Å². The van der Waals surface area contributed by atoms with Gasteiger partial charge in [0.1, 0.15) is 5.75 Å². The summed E-state index contributed by atoms with van der Waals surface area (Å²) < 4.78 is 11.1. The van der Waals surface area contributed by atoms with Gasteiger partial charge >= 0.3 is 0 Å². The van der Waals surface area contributed by atoms with Crippen LogP contribution < -0.4 is 9.64 Å². The monoisotopic (exact) mass is 418 g/mol. The Balaban J connectivity index is 1.53. The van der Waals surface area contributed by atoms with E-state index in [1.807, 2.05) is 29.2 Å². The van der Waals surface area contributed by atoms with E-state index in [1.165, 1.54) is 5.56 Å². The molecule has 0 saturated carbocycles. The number of methoxy groups -OCH3 is 1. The van der Waals surface area contributed by atoms with Gasteiger partial charge in [0.05, 0.1) is 19.1 Å². The molecule has 0 radical (unpaired) electrons. The lowest BCUT2D eigenvalue weighted by Crippen LogP contribution is -2.52. The van der Waals surface area contributed by atoms with E-state index in [4.69, 9.17) is 9.15 Å². The van der Waals surface area contributed by atoms with E-state index in [2.05, 4.69) is 42.2 Å². The van der Waals surface area contributed by atoms with E-state index < -0.39 is 0 Å². The zero-order valence-electron chi connectivity index (χ0n) is 18.2. The van der Waals surface area contributed by atoms with Crippen molar-refractivity contribution in [2.24, 2.45) is 5.92 Å². The highest BCUT2D eigenvalue weighted by atomic mass is 16.5. The highest BCUT2D eigenvalue weighted by molar-refractivity contribution is 6.05. The second-order valence-electron chi connectivity index (χ2n) is 8.19. The van der Waals surface area contributed by atoms with Gasteiger partial charge in [-0.1, -0.05) is 49.4 Å². The molecule has 2 unspecified atom stereocenters. The first-order valence-electron chi connectivity index (χ1n) is 10.9. The summed E-state index contributed by atoms with van der Waals surface area (Å²) in [5.41, 5.74) is 2.15. The number of nitrogens with zero attached hydrogens (tertiary/aromatic N) is 2. The van der Waals surface area contributed by atoms with E-state index in [-0.39, 0.29) is 11.9 Å². The van der Waals surface area contributed by atoms with Crippen LogP contribution in [0.5, 0.6) is 5.75 Å². The van der Waals surface area contributed by atoms with Gasteiger partial charge in [-0.3, -0.25) is 9.69 Å². The zero-order valence-corrected chi connectivity index (χ0v) is 18.2. The molecule has 1 aromatic heterocycles. The van der Waals surface area contributed by atoms with Gasteiger partial charge in [0.15, 0.2) is 5.76 Å². The van der Waals surface area contributed by atoms with Gasteiger partial charge in [0.25, 0.3) is 5.91 Å². The molecule has 1 aliphatic rings. The fourth-order valence-corrected chi connectivity index (χ4v) is 4.52. The van der Waals surface area contributed by atoms with Gasteiger partial charge in [0.2, 0.25) is 0 Å². The third-order valence-corrected chi connectivity index (χ3v) is 6.13. The van der Waals surface area contributed by atoms with Crippen LogP contribution in [0.1, 0.15) is 29.5 Å². The number of piperidine rings is 1. The van der Waals surface area contributed by atoms with Crippen LogP contribution in [-0.4, -0.2) is 43.6 Å². The molecule has 5 nitrogen and oxygen atoms in total. The number of carbonyl (C=O) groups excluding carboxylic acids is 1. The Hall–Kier alpha value is -3.05. The van der Waals surface area contributed by atoms with Gasteiger partial charge in [-0.2, -0.15) is 0 Å². The van der Waals surface area contributed by atoms with Gasteiger partial charge in [-0.15, -0.1) is 0 Å². The van der Waals surface area contributed by atoms with Crippen LogP contribution in [0.4, 0.5) is 5.69 Å². The molecule has 0 aliphatic carbocycles. The molecule has 2 heterocycles. The normalized spacial score (nSPS) is 19.2. The Labute approximate surface area is 184 Å². The number of carbonyl (C=O) groups is 1. The van der Waals surface area contributed by atoms with Crippen LogP contribution in [-0.2, 0) is 6.42 Å². The lowest BCUT2D eigenvalue weighted by molar-refractivity contribution is 0.0905. The Morgan fingerprint density at radius 3 is 2.58 bits per heavy atom. The molecule has 1 amide bonds. The maximum absolute atomic E-state index is 13.5. The average molecular weight is 419 g/mol. The highest BCUT2D eigenvalue weighted by Gasteiger charge is 2.36. The average Bonchev–Trinajstić information content (AvgIpc) is 3.35. The number of benzene rings is 2. The molecule has 0 N–H and O–H groups in total. The molecule has 3 aromatic rings. The fourth-order valence-electron chi connectivity index (χ4n) is 4.52. The first kappa shape index (κ1) is 21.2. The molecule has 5 heteroatoms. The largest absolute Gasteiger partial charge is 0.495 e. The number of furan rings is 1. The highest BCUT2D eigenvalue weighted by Crippen LogP contribution is 2.35. The standard InChI is InChI=1S/C26H30N2O3/c1-20-19-27(16-14-21-9-4-3-5-10-21)17-15-22(20)28(26(29)25-13-8-18-31-25)23-11-6-7-12-24(23)30-2/h3-13,18,20,22H,14-17,19H2,1-2H3. The van der Waals surface area contributed by atoms with E-state index in [0.29, 0.717) is 17.4 Å². The number of hydrogen-bond donors (Lipinski definition) is 0. The molecule has 0 bridgehead atoms. The summed E-state index contributed by atoms with van der Waals surface area (Å²) in [5, 5.41) is 0. The van der Waals surface area contributed by atoms with Crippen molar-refractivity contribution in [2.75, 3.05) is 31.6 Å². The molecular formula is C26H30N2O3.